The number of fused-ring (bicyclic) bond motifs is 1. The molecule has 1 aromatic carbocycles. The van der Waals surface area contributed by atoms with Crippen LogP contribution in [0.3, 0.4) is 0 Å². The third kappa shape index (κ3) is 3.19. The lowest BCUT2D eigenvalue weighted by molar-refractivity contribution is -0.128. The number of benzene rings is 1. The first-order valence-electron chi connectivity index (χ1n) is 7.25. The molecule has 1 aliphatic heterocycles. The summed E-state index contributed by atoms with van der Waals surface area (Å²) in [7, 11) is 4.00. The smallest absolute Gasteiger partial charge is 0.242 e. The van der Waals surface area contributed by atoms with Crippen molar-refractivity contribution in [2.45, 2.75) is 31.4 Å². The lowest BCUT2D eigenvalue weighted by Gasteiger charge is -2.44. The largest absolute Gasteiger partial charge is 0.487 e. The number of hydrogen-bond donors (Lipinski definition) is 2. The van der Waals surface area contributed by atoms with Gasteiger partial charge in [-0.3, -0.25) is 10.1 Å². The molecule has 0 saturated carbocycles. The first-order valence-corrected chi connectivity index (χ1v) is 7.25. The fourth-order valence-corrected chi connectivity index (χ4v) is 2.93. The number of hydrogen-bond acceptors (Lipinski definition) is 4. The van der Waals surface area contributed by atoms with E-state index in [1.54, 1.807) is 0 Å². The van der Waals surface area contributed by atoms with Crippen LogP contribution in [0.2, 0.25) is 0 Å². The van der Waals surface area contributed by atoms with E-state index in [-0.39, 0.29) is 5.91 Å². The van der Waals surface area contributed by atoms with Crippen molar-refractivity contribution < 1.29 is 9.53 Å². The average Bonchev–Trinajstić information content (AvgIpc) is 2.36. The molecule has 0 aromatic heterocycles. The Morgan fingerprint density at radius 1 is 1.38 bits per heavy atom. The molecule has 2 rings (SSSR count). The monoisotopic (exact) mass is 291 g/mol. The minimum atomic E-state index is -0.881. The Hall–Kier alpha value is -1.59. The molecule has 0 bridgehead atoms. The Bertz CT molecular complexity index is 528. The summed E-state index contributed by atoms with van der Waals surface area (Å²) in [5.74, 6) is 0.370. The van der Waals surface area contributed by atoms with E-state index < -0.39 is 11.1 Å². The molecule has 1 aromatic rings. The van der Waals surface area contributed by atoms with Gasteiger partial charge < -0.3 is 15.4 Å². The van der Waals surface area contributed by atoms with Gasteiger partial charge in [0.1, 0.15) is 16.9 Å². The van der Waals surface area contributed by atoms with E-state index in [2.05, 4.69) is 10.2 Å². The number of nitrogens with zero attached hydrogens (tertiary/aromatic N) is 1. The second-order valence-corrected chi connectivity index (χ2v) is 6.53. The number of para-hydroxylation sites is 1. The quantitative estimate of drug-likeness (QED) is 0.852. The summed E-state index contributed by atoms with van der Waals surface area (Å²) >= 11 is 0. The van der Waals surface area contributed by atoms with E-state index in [1.807, 2.05) is 52.2 Å². The summed E-state index contributed by atoms with van der Waals surface area (Å²) in [6.07, 6.45) is 0.514. The van der Waals surface area contributed by atoms with Crippen molar-refractivity contribution >= 4 is 5.91 Å². The Morgan fingerprint density at radius 2 is 2.05 bits per heavy atom. The minimum absolute atomic E-state index is 0.356. The van der Waals surface area contributed by atoms with Crippen molar-refractivity contribution in [3.05, 3.63) is 29.8 Å². The molecule has 0 aliphatic carbocycles. The third-order valence-electron chi connectivity index (χ3n) is 3.83. The highest BCUT2D eigenvalue weighted by atomic mass is 16.5. The first-order chi connectivity index (χ1) is 9.77. The van der Waals surface area contributed by atoms with Gasteiger partial charge in [0, 0.05) is 25.1 Å². The van der Waals surface area contributed by atoms with Gasteiger partial charge in [-0.05, 0) is 34.0 Å². The molecule has 1 amide bonds. The van der Waals surface area contributed by atoms with Crippen LogP contribution in [0.5, 0.6) is 5.75 Å². The number of rotatable bonds is 5. The zero-order chi connectivity index (χ0) is 15.7. The molecule has 1 heterocycles. The Morgan fingerprint density at radius 3 is 2.67 bits per heavy atom. The maximum atomic E-state index is 12.3. The fraction of sp³-hybridized carbons (Fsp3) is 0.562. The Labute approximate surface area is 126 Å². The number of likely N-dealkylation sites (N-methyl/N-ethyl adjacent to an activating group) is 1. The molecule has 5 nitrogen and oxygen atoms in total. The SMILES string of the molecule is CN(C)CCNC1(C(N)=O)CC(C)(C)Oc2ccccc21. The highest BCUT2D eigenvalue weighted by molar-refractivity contribution is 5.87. The molecule has 0 spiro atoms. The summed E-state index contributed by atoms with van der Waals surface area (Å²) in [5.41, 5.74) is 5.28. The number of carbonyl (C=O) groups is 1. The lowest BCUT2D eigenvalue weighted by Crippen LogP contribution is -2.60. The van der Waals surface area contributed by atoms with Crippen molar-refractivity contribution in [2.75, 3.05) is 27.2 Å². The van der Waals surface area contributed by atoms with Gasteiger partial charge in [0.05, 0.1) is 0 Å². The molecule has 116 valence electrons. The number of nitrogens with two attached hydrogens (primary N) is 1. The summed E-state index contributed by atoms with van der Waals surface area (Å²) in [4.78, 5) is 14.4. The summed E-state index contributed by atoms with van der Waals surface area (Å²) < 4.78 is 5.99. The van der Waals surface area contributed by atoms with Crippen LogP contribution in [-0.2, 0) is 10.3 Å². The van der Waals surface area contributed by atoms with Gasteiger partial charge in [-0.1, -0.05) is 18.2 Å². The van der Waals surface area contributed by atoms with Gasteiger partial charge in [-0.15, -0.1) is 0 Å². The van der Waals surface area contributed by atoms with Gasteiger partial charge in [-0.2, -0.15) is 0 Å². The minimum Gasteiger partial charge on any atom is -0.487 e. The van der Waals surface area contributed by atoms with Crippen molar-refractivity contribution in [3.8, 4) is 5.75 Å². The van der Waals surface area contributed by atoms with E-state index in [4.69, 9.17) is 10.5 Å². The predicted molar refractivity (Wildman–Crippen MR) is 83.2 cm³/mol. The molecule has 3 N–H and O–H groups in total. The van der Waals surface area contributed by atoms with Crippen LogP contribution >= 0.6 is 0 Å². The Kier molecular flexibility index (Phi) is 4.25. The maximum Gasteiger partial charge on any atom is 0.242 e. The lowest BCUT2D eigenvalue weighted by atomic mass is 9.77. The van der Waals surface area contributed by atoms with Crippen molar-refractivity contribution in [1.82, 2.24) is 10.2 Å². The van der Waals surface area contributed by atoms with E-state index in [0.29, 0.717) is 13.0 Å². The molecule has 1 unspecified atom stereocenters. The van der Waals surface area contributed by atoms with Crippen LogP contribution in [-0.4, -0.2) is 43.6 Å². The van der Waals surface area contributed by atoms with Crippen molar-refractivity contribution in [2.24, 2.45) is 5.73 Å². The van der Waals surface area contributed by atoms with Crippen LogP contribution in [0.15, 0.2) is 24.3 Å². The molecule has 1 aliphatic rings. The number of carbonyl (C=O) groups excluding carboxylic acids is 1. The molecule has 5 heteroatoms. The summed E-state index contributed by atoms with van der Waals surface area (Å²) in [5, 5.41) is 3.38. The zero-order valence-corrected chi connectivity index (χ0v) is 13.3. The van der Waals surface area contributed by atoms with E-state index >= 15 is 0 Å². The topological polar surface area (TPSA) is 67.6 Å². The van der Waals surface area contributed by atoms with Crippen LogP contribution in [0.4, 0.5) is 0 Å². The highest BCUT2D eigenvalue weighted by Crippen LogP contribution is 2.43. The molecule has 0 fully saturated rings. The van der Waals surface area contributed by atoms with Crippen LogP contribution in [0, 0.1) is 0 Å². The third-order valence-corrected chi connectivity index (χ3v) is 3.83. The summed E-state index contributed by atoms with van der Waals surface area (Å²) in [6, 6.07) is 7.62. The first kappa shape index (κ1) is 15.8. The standard InChI is InChI=1S/C16H25N3O2/c1-15(2)11-16(14(17)20,18-9-10-19(3)4)12-7-5-6-8-13(12)21-15/h5-8,18H,9-11H2,1-4H3,(H2,17,20). The molecule has 1 atom stereocenters. The second kappa shape index (κ2) is 5.66. The molecular formula is C16H25N3O2. The molecule has 0 radical (unpaired) electrons. The van der Waals surface area contributed by atoms with Crippen molar-refractivity contribution in [1.29, 1.82) is 0 Å². The Balaban J connectivity index is 2.41. The van der Waals surface area contributed by atoms with Crippen LogP contribution in [0.25, 0.3) is 0 Å². The van der Waals surface area contributed by atoms with Gasteiger partial charge in [0.25, 0.3) is 0 Å². The average molecular weight is 291 g/mol. The highest BCUT2D eigenvalue weighted by Gasteiger charge is 2.49. The van der Waals surface area contributed by atoms with Gasteiger partial charge in [-0.25, -0.2) is 0 Å². The van der Waals surface area contributed by atoms with Crippen molar-refractivity contribution in [3.63, 3.8) is 0 Å². The second-order valence-electron chi connectivity index (χ2n) is 6.53. The number of ether oxygens (including phenoxy) is 1. The molecular weight excluding hydrogens is 266 g/mol. The zero-order valence-electron chi connectivity index (χ0n) is 13.3. The van der Waals surface area contributed by atoms with E-state index in [9.17, 15) is 4.79 Å². The fourth-order valence-electron chi connectivity index (χ4n) is 2.93. The number of nitrogens with one attached hydrogen (secondary N) is 1. The predicted octanol–water partition coefficient (Wildman–Crippen LogP) is 1.08. The molecule has 21 heavy (non-hydrogen) atoms. The van der Waals surface area contributed by atoms with E-state index in [0.717, 1.165) is 17.9 Å². The van der Waals surface area contributed by atoms with Gasteiger partial charge in [0.15, 0.2) is 0 Å². The van der Waals surface area contributed by atoms with E-state index in [1.165, 1.54) is 0 Å². The van der Waals surface area contributed by atoms with Crippen LogP contribution < -0.4 is 15.8 Å². The maximum absolute atomic E-state index is 12.3. The molecule has 0 saturated heterocycles. The number of primary amides is 1. The van der Waals surface area contributed by atoms with Crippen LogP contribution in [0.1, 0.15) is 25.8 Å². The number of amides is 1. The van der Waals surface area contributed by atoms with Gasteiger partial charge in [0.2, 0.25) is 5.91 Å². The summed E-state index contributed by atoms with van der Waals surface area (Å²) in [6.45, 7) is 5.47. The normalized spacial score (nSPS) is 23.5. The van der Waals surface area contributed by atoms with Gasteiger partial charge >= 0.3 is 0 Å².